The zero-order chi connectivity index (χ0) is 11.4. The van der Waals surface area contributed by atoms with Gasteiger partial charge in [0.25, 0.3) is 0 Å². The molecule has 0 spiro atoms. The highest BCUT2D eigenvalue weighted by Gasteiger charge is 2.02. The van der Waals surface area contributed by atoms with Gasteiger partial charge in [0.1, 0.15) is 6.54 Å². The smallest absolute Gasteiger partial charge is 0.107 e. The number of nitrogens with zero attached hydrogens (tertiary/aromatic N) is 1. The summed E-state index contributed by atoms with van der Waals surface area (Å²) < 4.78 is 0. The molecule has 0 saturated heterocycles. The highest BCUT2D eigenvalue weighted by atomic mass is 16.3. The molecular formula is C12H25NO2. The molecule has 0 amide bonds. The molecule has 0 fully saturated rings. The van der Waals surface area contributed by atoms with Gasteiger partial charge < -0.3 is 5.11 Å². The molecule has 3 heteroatoms. The van der Waals surface area contributed by atoms with E-state index in [0.717, 1.165) is 12.8 Å². The first-order valence-electron chi connectivity index (χ1n) is 6.28. The van der Waals surface area contributed by atoms with Crippen LogP contribution in [-0.2, 0) is 0 Å². The third kappa shape index (κ3) is 11.5. The summed E-state index contributed by atoms with van der Waals surface area (Å²) in [4.78, 5) is 9.84. The predicted molar refractivity (Wildman–Crippen MR) is 63.9 cm³/mol. The van der Waals surface area contributed by atoms with Crippen LogP contribution >= 0.6 is 0 Å². The van der Waals surface area contributed by atoms with Gasteiger partial charge in [-0.2, -0.15) is 4.91 Å². The van der Waals surface area contributed by atoms with E-state index in [0.29, 0.717) is 0 Å². The summed E-state index contributed by atoms with van der Waals surface area (Å²) in [6.07, 6.45) is 10.3. The minimum absolute atomic E-state index is 0.0521. The summed E-state index contributed by atoms with van der Waals surface area (Å²) in [5, 5.41) is 11.9. The minimum atomic E-state index is -0.511. The standard InChI is InChI=1S/C12H25NO2/c1-2-3-4-5-6-7-8-9-10-12(14)11-13-15/h12,14H,2-11H2,1H3. The van der Waals surface area contributed by atoms with Crippen LogP contribution in [0.5, 0.6) is 0 Å². The molecule has 0 heterocycles. The first kappa shape index (κ1) is 14.6. The van der Waals surface area contributed by atoms with E-state index in [-0.39, 0.29) is 6.54 Å². The van der Waals surface area contributed by atoms with Crippen molar-refractivity contribution in [2.24, 2.45) is 5.18 Å². The fraction of sp³-hybridized carbons (Fsp3) is 1.00. The molecule has 0 aromatic heterocycles. The molecule has 0 radical (unpaired) electrons. The highest BCUT2D eigenvalue weighted by molar-refractivity contribution is 4.58. The molecule has 1 N–H and O–H groups in total. The highest BCUT2D eigenvalue weighted by Crippen LogP contribution is 2.10. The molecule has 0 aliphatic heterocycles. The molecule has 0 aromatic carbocycles. The third-order valence-electron chi connectivity index (χ3n) is 2.68. The van der Waals surface area contributed by atoms with E-state index in [9.17, 15) is 10.0 Å². The fourth-order valence-electron chi connectivity index (χ4n) is 1.69. The SMILES string of the molecule is CCCCCCCCCCC(O)CN=O. The van der Waals surface area contributed by atoms with Crippen LogP contribution in [0, 0.1) is 4.91 Å². The Hall–Kier alpha value is -0.440. The van der Waals surface area contributed by atoms with Crippen molar-refractivity contribution >= 4 is 0 Å². The number of aliphatic hydroxyl groups excluding tert-OH is 1. The Morgan fingerprint density at radius 2 is 1.53 bits per heavy atom. The van der Waals surface area contributed by atoms with E-state index >= 15 is 0 Å². The van der Waals surface area contributed by atoms with Gasteiger partial charge in [0.15, 0.2) is 0 Å². The predicted octanol–water partition coefficient (Wildman–Crippen LogP) is 3.64. The van der Waals surface area contributed by atoms with Gasteiger partial charge in [-0.1, -0.05) is 63.5 Å². The van der Waals surface area contributed by atoms with Gasteiger partial charge in [-0.15, -0.1) is 0 Å². The van der Waals surface area contributed by atoms with Gasteiger partial charge in [0.05, 0.1) is 6.10 Å². The van der Waals surface area contributed by atoms with Crippen LogP contribution < -0.4 is 0 Å². The number of hydrogen-bond donors (Lipinski definition) is 1. The van der Waals surface area contributed by atoms with E-state index in [1.165, 1.54) is 44.9 Å². The molecule has 0 saturated carbocycles. The molecule has 90 valence electrons. The van der Waals surface area contributed by atoms with Gasteiger partial charge in [-0.25, -0.2) is 0 Å². The largest absolute Gasteiger partial charge is 0.391 e. The molecule has 3 nitrogen and oxygen atoms in total. The zero-order valence-electron chi connectivity index (χ0n) is 9.95. The number of rotatable bonds is 11. The van der Waals surface area contributed by atoms with E-state index < -0.39 is 6.10 Å². The van der Waals surface area contributed by atoms with Crippen molar-refractivity contribution in [2.75, 3.05) is 6.54 Å². The van der Waals surface area contributed by atoms with E-state index in [1.54, 1.807) is 0 Å². The molecule has 1 atom stereocenters. The Morgan fingerprint density at radius 3 is 2.07 bits per heavy atom. The maximum Gasteiger partial charge on any atom is 0.107 e. The normalized spacial score (nSPS) is 12.7. The van der Waals surface area contributed by atoms with Crippen molar-refractivity contribution in [3.05, 3.63) is 4.91 Å². The third-order valence-corrected chi connectivity index (χ3v) is 2.68. The van der Waals surface area contributed by atoms with Crippen LogP contribution in [0.4, 0.5) is 0 Å². The summed E-state index contributed by atoms with van der Waals surface area (Å²) in [6.45, 7) is 2.28. The topological polar surface area (TPSA) is 49.7 Å². The van der Waals surface area contributed by atoms with Crippen LogP contribution in [-0.4, -0.2) is 17.8 Å². The number of aliphatic hydroxyl groups is 1. The Balaban J connectivity index is 3.01. The first-order valence-corrected chi connectivity index (χ1v) is 6.28. The molecule has 0 bridgehead atoms. The molecule has 0 aliphatic carbocycles. The van der Waals surface area contributed by atoms with E-state index in [1.807, 2.05) is 0 Å². The maximum absolute atomic E-state index is 9.84. The number of unbranched alkanes of at least 4 members (excludes halogenated alkanes) is 7. The number of hydrogen-bond acceptors (Lipinski definition) is 3. The average molecular weight is 215 g/mol. The van der Waals surface area contributed by atoms with Crippen LogP contribution in [0.2, 0.25) is 0 Å². The molecule has 0 rings (SSSR count). The zero-order valence-corrected chi connectivity index (χ0v) is 9.95. The van der Waals surface area contributed by atoms with Crippen LogP contribution in [0.25, 0.3) is 0 Å². The van der Waals surface area contributed by atoms with E-state index in [4.69, 9.17) is 0 Å². The number of nitroso groups, excluding NO2 is 1. The molecule has 15 heavy (non-hydrogen) atoms. The van der Waals surface area contributed by atoms with Gasteiger partial charge in [0, 0.05) is 0 Å². The second-order valence-corrected chi connectivity index (χ2v) is 4.23. The molecular weight excluding hydrogens is 190 g/mol. The van der Waals surface area contributed by atoms with Crippen molar-refractivity contribution in [1.29, 1.82) is 0 Å². The van der Waals surface area contributed by atoms with Crippen molar-refractivity contribution in [3.63, 3.8) is 0 Å². The first-order chi connectivity index (χ1) is 7.31. The summed E-state index contributed by atoms with van der Waals surface area (Å²) in [5.41, 5.74) is 0. The second kappa shape index (κ2) is 11.6. The lowest BCUT2D eigenvalue weighted by Gasteiger charge is -2.05. The lowest BCUT2D eigenvalue weighted by Crippen LogP contribution is -2.09. The second-order valence-electron chi connectivity index (χ2n) is 4.23. The van der Waals surface area contributed by atoms with Crippen LogP contribution in [0.3, 0.4) is 0 Å². The van der Waals surface area contributed by atoms with Gasteiger partial charge in [-0.3, -0.25) is 0 Å². The Bertz CT molecular complexity index is 140. The monoisotopic (exact) mass is 215 g/mol. The molecule has 0 aromatic rings. The Kier molecular flexibility index (Phi) is 11.3. The summed E-state index contributed by atoms with van der Waals surface area (Å²) >= 11 is 0. The van der Waals surface area contributed by atoms with Crippen molar-refractivity contribution < 1.29 is 5.11 Å². The summed E-state index contributed by atoms with van der Waals surface area (Å²) in [5.74, 6) is 0. The van der Waals surface area contributed by atoms with Crippen molar-refractivity contribution in [1.82, 2.24) is 0 Å². The van der Waals surface area contributed by atoms with Gasteiger partial charge >= 0.3 is 0 Å². The van der Waals surface area contributed by atoms with E-state index in [2.05, 4.69) is 12.1 Å². The van der Waals surface area contributed by atoms with Crippen LogP contribution in [0.1, 0.15) is 64.7 Å². The van der Waals surface area contributed by atoms with Gasteiger partial charge in [-0.05, 0) is 6.42 Å². The quantitative estimate of drug-likeness (QED) is 0.422. The molecule has 0 aliphatic rings. The summed E-state index contributed by atoms with van der Waals surface area (Å²) in [6, 6.07) is 0. The van der Waals surface area contributed by atoms with Gasteiger partial charge in [0.2, 0.25) is 0 Å². The Morgan fingerprint density at radius 1 is 1.00 bits per heavy atom. The fourth-order valence-corrected chi connectivity index (χ4v) is 1.69. The lowest BCUT2D eigenvalue weighted by atomic mass is 10.1. The Labute approximate surface area is 93.2 Å². The van der Waals surface area contributed by atoms with Crippen LogP contribution in [0.15, 0.2) is 5.18 Å². The lowest BCUT2D eigenvalue weighted by molar-refractivity contribution is 0.169. The average Bonchev–Trinajstić information content (AvgIpc) is 2.22. The van der Waals surface area contributed by atoms with Crippen molar-refractivity contribution in [2.45, 2.75) is 70.8 Å². The molecule has 1 unspecified atom stereocenters. The minimum Gasteiger partial charge on any atom is -0.391 e. The maximum atomic E-state index is 9.84. The van der Waals surface area contributed by atoms with Crippen molar-refractivity contribution in [3.8, 4) is 0 Å². The summed E-state index contributed by atoms with van der Waals surface area (Å²) in [7, 11) is 0.